The number of hydrazine groups is 1. The van der Waals surface area contributed by atoms with E-state index in [-0.39, 0.29) is 11.6 Å². The SMILES string of the molecule is O=[N+]([O-])c1cccnc1Oc1ccc(CNNc2ccccc2)cc1. The van der Waals surface area contributed by atoms with Gasteiger partial charge in [-0.15, -0.1) is 0 Å². The van der Waals surface area contributed by atoms with Crippen LogP contribution in [0, 0.1) is 10.1 Å². The molecule has 126 valence electrons. The van der Waals surface area contributed by atoms with Crippen LogP contribution in [0.5, 0.6) is 11.6 Å². The molecule has 3 aromatic rings. The molecule has 2 aromatic carbocycles. The first-order chi connectivity index (χ1) is 12.2. The Balaban J connectivity index is 1.58. The van der Waals surface area contributed by atoms with Crippen molar-refractivity contribution >= 4 is 11.4 Å². The molecule has 0 aliphatic carbocycles. The van der Waals surface area contributed by atoms with Gasteiger partial charge in [-0.25, -0.2) is 10.4 Å². The van der Waals surface area contributed by atoms with E-state index < -0.39 is 4.92 Å². The highest BCUT2D eigenvalue weighted by molar-refractivity contribution is 5.43. The largest absolute Gasteiger partial charge is 0.434 e. The number of aromatic nitrogens is 1. The first kappa shape index (κ1) is 16.4. The third-order valence-corrected chi connectivity index (χ3v) is 3.38. The number of ether oxygens (including phenoxy) is 1. The fourth-order valence-electron chi connectivity index (χ4n) is 2.16. The molecule has 0 radical (unpaired) electrons. The van der Waals surface area contributed by atoms with Crippen LogP contribution < -0.4 is 15.6 Å². The molecular formula is C18H16N4O3. The number of nitro groups is 1. The van der Waals surface area contributed by atoms with Crippen molar-refractivity contribution in [3.05, 3.63) is 88.6 Å². The monoisotopic (exact) mass is 336 g/mol. The molecule has 25 heavy (non-hydrogen) atoms. The van der Waals surface area contributed by atoms with Crippen LogP contribution in [0.4, 0.5) is 11.4 Å². The predicted molar refractivity (Wildman–Crippen MR) is 94.3 cm³/mol. The van der Waals surface area contributed by atoms with Crippen molar-refractivity contribution in [3.8, 4) is 11.6 Å². The summed E-state index contributed by atoms with van der Waals surface area (Å²) in [6.07, 6.45) is 1.45. The maximum Gasteiger partial charge on any atom is 0.331 e. The van der Waals surface area contributed by atoms with Gasteiger partial charge in [0.1, 0.15) is 5.75 Å². The summed E-state index contributed by atoms with van der Waals surface area (Å²) in [5.74, 6) is 0.464. The molecule has 0 amide bonds. The quantitative estimate of drug-likeness (QED) is 0.502. The molecule has 0 atom stereocenters. The van der Waals surface area contributed by atoms with Gasteiger partial charge < -0.3 is 10.2 Å². The second-order valence-corrected chi connectivity index (χ2v) is 5.18. The molecule has 0 fully saturated rings. The van der Waals surface area contributed by atoms with Crippen LogP contribution in [0.25, 0.3) is 0 Å². The maximum atomic E-state index is 11.0. The summed E-state index contributed by atoms with van der Waals surface area (Å²) in [6, 6.07) is 19.9. The fraction of sp³-hybridized carbons (Fsp3) is 0.0556. The van der Waals surface area contributed by atoms with E-state index in [1.807, 2.05) is 42.5 Å². The van der Waals surface area contributed by atoms with Gasteiger partial charge in [-0.05, 0) is 35.9 Å². The summed E-state index contributed by atoms with van der Waals surface area (Å²) in [5, 5.41) is 11.0. The zero-order chi connectivity index (χ0) is 17.5. The van der Waals surface area contributed by atoms with Crippen molar-refractivity contribution in [1.82, 2.24) is 10.4 Å². The highest BCUT2D eigenvalue weighted by atomic mass is 16.6. The Labute approximate surface area is 144 Å². The Kier molecular flexibility index (Phi) is 5.18. The molecule has 3 rings (SSSR count). The third-order valence-electron chi connectivity index (χ3n) is 3.38. The zero-order valence-corrected chi connectivity index (χ0v) is 13.3. The van der Waals surface area contributed by atoms with Crippen molar-refractivity contribution in [2.45, 2.75) is 6.54 Å². The molecule has 0 aliphatic heterocycles. The van der Waals surface area contributed by atoms with Crippen molar-refractivity contribution in [3.63, 3.8) is 0 Å². The second-order valence-electron chi connectivity index (χ2n) is 5.18. The van der Waals surface area contributed by atoms with Crippen LogP contribution in [-0.4, -0.2) is 9.91 Å². The number of rotatable bonds is 7. The van der Waals surface area contributed by atoms with E-state index >= 15 is 0 Å². The summed E-state index contributed by atoms with van der Waals surface area (Å²) in [5.41, 5.74) is 8.06. The highest BCUT2D eigenvalue weighted by Crippen LogP contribution is 2.28. The van der Waals surface area contributed by atoms with Crippen molar-refractivity contribution < 1.29 is 9.66 Å². The average molecular weight is 336 g/mol. The lowest BCUT2D eigenvalue weighted by Crippen LogP contribution is -2.20. The number of hydrogen-bond acceptors (Lipinski definition) is 6. The predicted octanol–water partition coefficient (Wildman–Crippen LogP) is 3.90. The number of pyridine rings is 1. The lowest BCUT2D eigenvalue weighted by Gasteiger charge is -2.09. The van der Waals surface area contributed by atoms with E-state index in [2.05, 4.69) is 15.8 Å². The van der Waals surface area contributed by atoms with Crippen molar-refractivity contribution in [1.29, 1.82) is 0 Å². The van der Waals surface area contributed by atoms with E-state index in [9.17, 15) is 10.1 Å². The minimum Gasteiger partial charge on any atom is -0.434 e. The summed E-state index contributed by atoms with van der Waals surface area (Å²) >= 11 is 0. The molecular weight excluding hydrogens is 320 g/mol. The molecule has 0 aliphatic rings. The van der Waals surface area contributed by atoms with Crippen LogP contribution in [0.3, 0.4) is 0 Å². The maximum absolute atomic E-state index is 11.0. The van der Waals surface area contributed by atoms with Crippen LogP contribution >= 0.6 is 0 Å². The number of nitrogens with one attached hydrogen (secondary N) is 2. The molecule has 0 bridgehead atoms. The number of nitrogens with zero attached hydrogens (tertiary/aromatic N) is 2. The summed E-state index contributed by atoms with van der Waals surface area (Å²) < 4.78 is 5.51. The van der Waals surface area contributed by atoms with Crippen LogP contribution in [0.15, 0.2) is 72.9 Å². The smallest absolute Gasteiger partial charge is 0.331 e. The third kappa shape index (κ3) is 4.52. The fourth-order valence-corrected chi connectivity index (χ4v) is 2.16. The summed E-state index contributed by atoms with van der Waals surface area (Å²) in [7, 11) is 0. The Hall–Kier alpha value is -3.45. The molecule has 0 saturated carbocycles. The van der Waals surface area contributed by atoms with Crippen molar-refractivity contribution in [2.24, 2.45) is 0 Å². The number of anilines is 1. The van der Waals surface area contributed by atoms with Gasteiger partial charge in [-0.2, -0.15) is 0 Å². The molecule has 0 spiro atoms. The molecule has 1 aromatic heterocycles. The molecule has 7 nitrogen and oxygen atoms in total. The Morgan fingerprint density at radius 1 is 1.00 bits per heavy atom. The van der Waals surface area contributed by atoms with Gasteiger partial charge in [-0.1, -0.05) is 30.3 Å². The van der Waals surface area contributed by atoms with Gasteiger partial charge in [0.25, 0.3) is 5.88 Å². The first-order valence-corrected chi connectivity index (χ1v) is 7.62. The van der Waals surface area contributed by atoms with Gasteiger partial charge in [-0.3, -0.25) is 10.1 Å². The first-order valence-electron chi connectivity index (χ1n) is 7.62. The number of hydrogen-bond donors (Lipinski definition) is 2. The van der Waals surface area contributed by atoms with Gasteiger partial charge in [0.2, 0.25) is 0 Å². The summed E-state index contributed by atoms with van der Waals surface area (Å²) in [6.45, 7) is 0.610. The van der Waals surface area contributed by atoms with Gasteiger partial charge in [0.05, 0.1) is 4.92 Å². The molecule has 0 unspecified atom stereocenters. The molecule has 0 saturated heterocycles. The Bertz CT molecular complexity index is 838. The van der Waals surface area contributed by atoms with Gasteiger partial charge >= 0.3 is 5.69 Å². The summed E-state index contributed by atoms with van der Waals surface area (Å²) in [4.78, 5) is 14.4. The van der Waals surface area contributed by atoms with E-state index in [0.717, 1.165) is 11.3 Å². The van der Waals surface area contributed by atoms with Crippen LogP contribution in [0.2, 0.25) is 0 Å². The van der Waals surface area contributed by atoms with Crippen LogP contribution in [0.1, 0.15) is 5.56 Å². The lowest BCUT2D eigenvalue weighted by molar-refractivity contribution is -0.386. The normalized spacial score (nSPS) is 10.2. The minimum atomic E-state index is -0.518. The van der Waals surface area contributed by atoms with Gasteiger partial charge in [0, 0.05) is 24.5 Å². The van der Waals surface area contributed by atoms with E-state index in [0.29, 0.717) is 12.3 Å². The van der Waals surface area contributed by atoms with Crippen molar-refractivity contribution in [2.75, 3.05) is 5.43 Å². The molecule has 2 N–H and O–H groups in total. The van der Waals surface area contributed by atoms with E-state index in [1.165, 1.54) is 18.3 Å². The average Bonchev–Trinajstić information content (AvgIpc) is 2.64. The lowest BCUT2D eigenvalue weighted by atomic mass is 10.2. The zero-order valence-electron chi connectivity index (χ0n) is 13.3. The highest BCUT2D eigenvalue weighted by Gasteiger charge is 2.16. The molecule has 7 heteroatoms. The second kappa shape index (κ2) is 7.89. The Morgan fingerprint density at radius 2 is 1.76 bits per heavy atom. The number of benzene rings is 2. The molecule has 1 heterocycles. The van der Waals surface area contributed by atoms with E-state index in [4.69, 9.17) is 4.74 Å². The topological polar surface area (TPSA) is 89.3 Å². The Morgan fingerprint density at radius 3 is 2.48 bits per heavy atom. The minimum absolute atomic E-state index is 0.0240. The van der Waals surface area contributed by atoms with E-state index in [1.54, 1.807) is 12.1 Å². The van der Waals surface area contributed by atoms with Crippen LogP contribution in [-0.2, 0) is 6.54 Å². The van der Waals surface area contributed by atoms with Gasteiger partial charge in [0.15, 0.2) is 0 Å². The number of para-hydroxylation sites is 1. The standard InChI is InChI=1S/C18H16N4O3/c23-22(24)17-7-4-12-19-18(17)25-16-10-8-14(9-11-16)13-20-21-15-5-2-1-3-6-15/h1-12,20-21H,13H2.